The molecular weight excluding hydrogens is 1410 g/mol. The molecule has 0 fully saturated rings. The summed E-state index contributed by atoms with van der Waals surface area (Å²) in [6.07, 6.45) is 29.9. The first-order valence-electron chi connectivity index (χ1n) is 45.1. The number of fused-ring (bicyclic) bond motifs is 28. The van der Waals surface area contributed by atoms with E-state index in [1.807, 2.05) is 0 Å². The summed E-state index contributed by atoms with van der Waals surface area (Å²) in [5, 5.41) is 7.36. The van der Waals surface area contributed by atoms with Crippen LogP contribution < -0.4 is 4.90 Å². The average Bonchev–Trinajstić information content (AvgIpc) is 1.49. The zero-order chi connectivity index (χ0) is 78.8. The van der Waals surface area contributed by atoms with Crippen LogP contribution in [0, 0.1) is 5.41 Å². The van der Waals surface area contributed by atoms with Gasteiger partial charge in [0.2, 0.25) is 0 Å². The lowest BCUT2D eigenvalue weighted by Gasteiger charge is -2.40. The maximum Gasteiger partial charge on any atom is 0.144 e. The highest BCUT2D eigenvalue weighted by Crippen LogP contribution is 2.70. The molecule has 6 aliphatic carbocycles. The number of rotatable bonds is 24. The molecule has 0 saturated heterocycles. The molecule has 0 bridgehead atoms. The molecule has 2 atom stereocenters. The molecule has 0 saturated carbocycles. The van der Waals surface area contributed by atoms with E-state index in [4.69, 9.17) is 13.3 Å². The first-order valence-corrected chi connectivity index (χ1v) is 45.1. The van der Waals surface area contributed by atoms with E-state index in [0.717, 1.165) is 63.7 Å². The molecule has 584 valence electrons. The molecule has 4 nitrogen and oxygen atoms in total. The molecule has 0 radical (unpaired) electrons. The van der Waals surface area contributed by atoms with Crippen LogP contribution in [0.25, 0.3) is 133 Å². The number of hydrogen-bond donors (Lipinski definition) is 0. The van der Waals surface area contributed by atoms with Crippen molar-refractivity contribution in [2.24, 2.45) is 5.41 Å². The zero-order valence-electron chi connectivity index (χ0n) is 70.3. The Morgan fingerprint density at radius 1 is 0.276 bits per heavy atom. The number of unbranched alkanes of at least 4 members (excludes halogenated alkanes) is 12. The van der Waals surface area contributed by atoms with Crippen molar-refractivity contribution in [2.45, 2.75) is 250 Å². The van der Waals surface area contributed by atoms with Crippen LogP contribution in [0.15, 0.2) is 226 Å². The highest BCUT2D eigenvalue weighted by Gasteiger charge is 2.57. The van der Waals surface area contributed by atoms with Crippen LogP contribution in [-0.2, 0) is 27.1 Å². The predicted molar refractivity (Wildman–Crippen MR) is 489 cm³/mol. The molecule has 21 rings (SSSR count). The fraction of sp³-hybridized carbons (Fsp3) is 0.357. The van der Waals surface area contributed by atoms with Gasteiger partial charge in [-0.15, -0.1) is 0 Å². The summed E-state index contributed by atoms with van der Waals surface area (Å²) in [6, 6.07) is 83.0. The van der Waals surface area contributed by atoms with Gasteiger partial charge < -0.3 is 18.2 Å². The van der Waals surface area contributed by atoms with Gasteiger partial charge in [0.1, 0.15) is 33.5 Å². The number of para-hydroxylation sites is 3. The van der Waals surface area contributed by atoms with Crippen molar-refractivity contribution in [3.8, 4) is 66.8 Å². The molecular formula is C112H113NO3. The summed E-state index contributed by atoms with van der Waals surface area (Å²) >= 11 is 0. The van der Waals surface area contributed by atoms with E-state index in [1.165, 1.54) is 273 Å². The van der Waals surface area contributed by atoms with Crippen molar-refractivity contribution in [1.82, 2.24) is 0 Å². The van der Waals surface area contributed by atoms with Gasteiger partial charge in [-0.25, -0.2) is 0 Å². The summed E-state index contributed by atoms with van der Waals surface area (Å²) in [5.41, 5.74) is 38.8. The van der Waals surface area contributed by atoms with E-state index in [-0.39, 0.29) is 32.5 Å². The number of anilines is 3. The molecule has 2 unspecified atom stereocenters. The van der Waals surface area contributed by atoms with Crippen molar-refractivity contribution in [1.29, 1.82) is 0 Å². The average molecular weight is 1520 g/mol. The minimum atomic E-state index is -0.385. The monoisotopic (exact) mass is 1520 g/mol. The fourth-order valence-electron chi connectivity index (χ4n) is 24.6. The van der Waals surface area contributed by atoms with Gasteiger partial charge in [-0.05, 0) is 247 Å². The number of furan rings is 3. The van der Waals surface area contributed by atoms with Crippen molar-refractivity contribution >= 4 is 82.9 Å². The van der Waals surface area contributed by atoms with Crippen LogP contribution in [0.4, 0.5) is 17.1 Å². The van der Waals surface area contributed by atoms with E-state index in [9.17, 15) is 0 Å². The summed E-state index contributed by atoms with van der Waals surface area (Å²) < 4.78 is 21.5. The normalized spacial score (nSPS) is 18.3. The van der Waals surface area contributed by atoms with Gasteiger partial charge in [0.15, 0.2) is 0 Å². The number of nitrogens with zero attached hydrogens (tertiary/aromatic N) is 1. The molecule has 0 aliphatic heterocycles. The van der Waals surface area contributed by atoms with Crippen LogP contribution in [0.3, 0.4) is 0 Å². The summed E-state index contributed by atoms with van der Waals surface area (Å²) in [6.45, 7) is 24.5. The second kappa shape index (κ2) is 27.7. The van der Waals surface area contributed by atoms with E-state index in [1.54, 1.807) is 22.3 Å². The lowest BCUT2D eigenvalue weighted by atomic mass is 9.64. The molecule has 4 heteroatoms. The Hall–Kier alpha value is -10.2. The Balaban J connectivity index is 0.819. The molecule has 0 N–H and O–H groups in total. The Morgan fingerprint density at radius 3 is 1.34 bits per heavy atom. The molecule has 0 spiro atoms. The third-order valence-electron chi connectivity index (χ3n) is 30.6. The quantitative estimate of drug-likeness (QED) is 0.0566. The highest BCUT2D eigenvalue weighted by atomic mass is 16.3. The van der Waals surface area contributed by atoms with E-state index in [2.05, 4.69) is 286 Å². The van der Waals surface area contributed by atoms with Gasteiger partial charge in [0, 0.05) is 87.6 Å². The minimum Gasteiger partial charge on any atom is -0.456 e. The Labute approximate surface area is 687 Å². The van der Waals surface area contributed by atoms with E-state index < -0.39 is 0 Å². The van der Waals surface area contributed by atoms with E-state index >= 15 is 0 Å². The summed E-state index contributed by atoms with van der Waals surface area (Å²) in [4.78, 5) is 2.73. The summed E-state index contributed by atoms with van der Waals surface area (Å²) in [5.74, 6) is 0. The Kier molecular flexibility index (Phi) is 17.6. The topological polar surface area (TPSA) is 42.7 Å². The van der Waals surface area contributed by atoms with Crippen molar-refractivity contribution in [3.63, 3.8) is 0 Å². The molecule has 3 aromatic heterocycles. The molecule has 3 heterocycles. The van der Waals surface area contributed by atoms with Crippen molar-refractivity contribution in [2.75, 3.05) is 4.90 Å². The summed E-state index contributed by atoms with van der Waals surface area (Å²) in [7, 11) is 0. The van der Waals surface area contributed by atoms with Crippen molar-refractivity contribution < 1.29 is 13.3 Å². The van der Waals surface area contributed by atoms with Gasteiger partial charge in [-0.1, -0.05) is 305 Å². The maximum atomic E-state index is 7.70. The largest absolute Gasteiger partial charge is 0.456 e. The highest BCUT2D eigenvalue weighted by molar-refractivity contribution is 6.22. The maximum absolute atomic E-state index is 7.70. The van der Waals surface area contributed by atoms with Gasteiger partial charge in [-0.2, -0.15) is 0 Å². The van der Waals surface area contributed by atoms with Gasteiger partial charge in [0.05, 0.1) is 0 Å². The second-order valence-electron chi connectivity index (χ2n) is 38.1. The van der Waals surface area contributed by atoms with Gasteiger partial charge in [-0.3, -0.25) is 0 Å². The lowest BCUT2D eigenvalue weighted by Crippen LogP contribution is -2.32. The fourth-order valence-corrected chi connectivity index (χ4v) is 24.6. The molecule has 6 aliphatic rings. The van der Waals surface area contributed by atoms with Crippen LogP contribution in [0.1, 0.15) is 279 Å². The third kappa shape index (κ3) is 10.7. The number of benzene rings is 12. The first kappa shape index (κ1) is 73.5. The molecule has 15 aromatic rings. The minimum absolute atomic E-state index is 0.191. The van der Waals surface area contributed by atoms with Crippen LogP contribution in [0.2, 0.25) is 0 Å². The Morgan fingerprint density at radius 2 is 0.707 bits per heavy atom. The molecule has 0 amide bonds. The van der Waals surface area contributed by atoms with Gasteiger partial charge in [0.25, 0.3) is 0 Å². The Bertz CT molecular complexity index is 6460. The number of hydrogen-bond acceptors (Lipinski definition) is 4. The van der Waals surface area contributed by atoms with Crippen LogP contribution in [-0.4, -0.2) is 0 Å². The predicted octanol–water partition coefficient (Wildman–Crippen LogP) is 33.4. The lowest BCUT2D eigenvalue weighted by molar-refractivity contribution is 0.154. The smallest absolute Gasteiger partial charge is 0.144 e. The van der Waals surface area contributed by atoms with Crippen molar-refractivity contribution in [3.05, 3.63) is 268 Å². The van der Waals surface area contributed by atoms with Crippen LogP contribution in [0.5, 0.6) is 0 Å². The van der Waals surface area contributed by atoms with Crippen LogP contribution >= 0.6 is 0 Å². The SMILES string of the molecule is CCCCCCCC12CCC(CCCCC)(CCCCC)CCC3(CCCCCCC)c4cc(N(c5ccc6c(c5)C(C)(C)c5cc7c(cc5-6)C(C)(C)c5ccc6oc8ccccc8c6c5-7)c5ccc6c(c5)C(C)(C)c5cc(-c7ccccc7)c7oc8ccccc8c7c5-6)ccc4-c4c3c1c(c1oc3ccccc3c41)-c1ccccc12. The molecule has 12 aromatic carbocycles. The van der Waals surface area contributed by atoms with E-state index in [0.29, 0.717) is 0 Å². The third-order valence-corrected chi connectivity index (χ3v) is 30.6. The van der Waals surface area contributed by atoms with Gasteiger partial charge >= 0.3 is 0 Å². The standard InChI is InChI=1S/C112H113NO3/c1-11-15-19-21-36-58-111-62-60-110(56-34-17-13-3,57-35-18-14-4)61-63-112(59-37-22-20-16-12-2)90-66-73(50-53-77(90)99-101-80-43-29-33-47-94(80)116-106(101)102(104(111)103(99)112)75-40-26-30-44-84(75)111)113(72-49-52-76-87(65-72)109(9,10)91-67-81(70-38-24-23-25-39-70)105-100(96(76)91)79-42-28-32-46-93(79)115-105)71-48-51-74-82-68-89-83(69-88(82)108(7,8)86(74)64-71)97-85(107(89,5)6)54-55-95-98(97)78-41-27-31-45-92(78)114-95/h23-33,38-55,64-69H,11-22,34-37,56-63H2,1-10H3. The second-order valence-corrected chi connectivity index (χ2v) is 38.1. The first-order chi connectivity index (χ1) is 56.6. The molecule has 116 heavy (non-hydrogen) atoms. The zero-order valence-corrected chi connectivity index (χ0v) is 70.3.